The highest BCUT2D eigenvalue weighted by molar-refractivity contribution is 9.10. The van der Waals surface area contributed by atoms with E-state index in [1.54, 1.807) is 19.5 Å². The fourth-order valence-corrected chi connectivity index (χ4v) is 4.33. The van der Waals surface area contributed by atoms with E-state index in [0.717, 1.165) is 39.9 Å². The van der Waals surface area contributed by atoms with Crippen LogP contribution in [-0.2, 0) is 4.74 Å². The summed E-state index contributed by atoms with van der Waals surface area (Å²) in [4.78, 5) is 13.1. The second-order valence-electron chi connectivity index (χ2n) is 8.32. The zero-order valence-electron chi connectivity index (χ0n) is 20.4. The van der Waals surface area contributed by atoms with Gasteiger partial charge in [0.1, 0.15) is 54.5 Å². The van der Waals surface area contributed by atoms with Crippen molar-refractivity contribution in [1.82, 2.24) is 15.0 Å². The summed E-state index contributed by atoms with van der Waals surface area (Å²) in [5.74, 6) is 3.38. The minimum Gasteiger partial charge on any atom is -0.497 e. The maximum absolute atomic E-state index is 6.48. The lowest BCUT2D eigenvalue weighted by molar-refractivity contribution is 0.0261. The molecule has 2 aromatic heterocycles. The van der Waals surface area contributed by atoms with E-state index in [9.17, 15) is 0 Å². The zero-order valence-corrected chi connectivity index (χ0v) is 21.9. The number of methoxy groups -OCH3 is 1. The zero-order chi connectivity index (χ0) is 25.5. The molecule has 0 radical (unpaired) electrons. The van der Waals surface area contributed by atoms with Crippen LogP contribution in [0.15, 0.2) is 65.7 Å². The molecule has 10 heteroatoms. The van der Waals surface area contributed by atoms with E-state index >= 15 is 0 Å². The average Bonchev–Trinajstić information content (AvgIpc) is 2.93. The molecule has 0 aliphatic carbocycles. The maximum Gasteiger partial charge on any atom is 0.145 e. The predicted octanol–water partition coefficient (Wildman–Crippen LogP) is 5.56. The topological polar surface area (TPSA) is 96.9 Å². The van der Waals surface area contributed by atoms with Crippen LogP contribution in [0.5, 0.6) is 23.0 Å². The van der Waals surface area contributed by atoms with E-state index in [0.29, 0.717) is 49.3 Å². The predicted molar refractivity (Wildman–Crippen MR) is 143 cm³/mol. The lowest BCUT2D eigenvalue weighted by Crippen LogP contribution is -2.26. The molecule has 5 rings (SSSR count). The molecule has 1 aliphatic heterocycles. The van der Waals surface area contributed by atoms with Crippen LogP contribution in [0.3, 0.4) is 0 Å². The number of anilines is 2. The number of hydrogen-bond donors (Lipinski definition) is 1. The van der Waals surface area contributed by atoms with Gasteiger partial charge in [0, 0.05) is 47.9 Å². The second kappa shape index (κ2) is 12.1. The van der Waals surface area contributed by atoms with E-state index < -0.39 is 0 Å². The van der Waals surface area contributed by atoms with Gasteiger partial charge in [-0.25, -0.2) is 9.97 Å². The number of fused-ring (bicyclic) bond motifs is 1. The van der Waals surface area contributed by atoms with Gasteiger partial charge in [0.15, 0.2) is 0 Å². The Morgan fingerprint density at radius 1 is 0.946 bits per heavy atom. The van der Waals surface area contributed by atoms with Gasteiger partial charge in [-0.1, -0.05) is 0 Å². The number of halogens is 1. The van der Waals surface area contributed by atoms with Crippen LogP contribution in [-0.4, -0.2) is 54.6 Å². The molecule has 2 aromatic carbocycles. The molecule has 0 amide bonds. The van der Waals surface area contributed by atoms with Gasteiger partial charge >= 0.3 is 0 Å². The highest BCUT2D eigenvalue weighted by atomic mass is 79.9. The van der Waals surface area contributed by atoms with Crippen LogP contribution in [0.1, 0.15) is 12.8 Å². The summed E-state index contributed by atoms with van der Waals surface area (Å²) in [6.45, 7) is 2.09. The molecule has 0 saturated carbocycles. The first-order chi connectivity index (χ1) is 18.2. The van der Waals surface area contributed by atoms with Gasteiger partial charge in [-0.15, -0.1) is 0 Å². The van der Waals surface area contributed by atoms with Crippen molar-refractivity contribution in [2.45, 2.75) is 18.9 Å². The molecule has 1 fully saturated rings. The van der Waals surface area contributed by atoms with Gasteiger partial charge in [0.05, 0.1) is 36.9 Å². The Balaban J connectivity index is 1.42. The summed E-state index contributed by atoms with van der Waals surface area (Å²) >= 11 is 3.60. The summed E-state index contributed by atoms with van der Waals surface area (Å²) in [6.07, 6.45) is 6.55. The van der Waals surface area contributed by atoms with Crippen molar-refractivity contribution in [3.05, 3.63) is 65.7 Å². The molecule has 1 N–H and O–H groups in total. The van der Waals surface area contributed by atoms with Gasteiger partial charge in [-0.05, 0) is 40.2 Å². The fourth-order valence-electron chi connectivity index (χ4n) is 3.98. The first kappa shape index (κ1) is 25.0. The Kier molecular flexibility index (Phi) is 8.17. The molecule has 4 aromatic rings. The van der Waals surface area contributed by atoms with E-state index in [1.807, 2.05) is 42.5 Å². The normalized spacial score (nSPS) is 13.8. The van der Waals surface area contributed by atoms with Crippen molar-refractivity contribution in [2.75, 3.05) is 38.9 Å². The second-order valence-corrected chi connectivity index (χ2v) is 9.17. The van der Waals surface area contributed by atoms with Gasteiger partial charge in [0.25, 0.3) is 0 Å². The number of aromatic nitrogens is 3. The number of ether oxygens (including phenoxy) is 5. The van der Waals surface area contributed by atoms with Crippen LogP contribution in [0.2, 0.25) is 0 Å². The molecule has 9 nitrogen and oxygen atoms in total. The summed E-state index contributed by atoms with van der Waals surface area (Å²) < 4.78 is 30.0. The lowest BCUT2D eigenvalue weighted by Gasteiger charge is -2.25. The molecule has 37 heavy (non-hydrogen) atoms. The lowest BCUT2D eigenvalue weighted by atomic mass is 10.1. The molecule has 0 unspecified atom stereocenters. The van der Waals surface area contributed by atoms with Crippen molar-refractivity contribution in [1.29, 1.82) is 0 Å². The average molecular weight is 567 g/mol. The SMILES string of the molecule is COc1ccc(Br)c(Nc2ncnc3cc(OCCOc4ccncc4)cc(OC4CCOCC4)c23)c1. The molecule has 3 heterocycles. The smallest absolute Gasteiger partial charge is 0.145 e. The van der Waals surface area contributed by atoms with Crippen LogP contribution >= 0.6 is 15.9 Å². The Morgan fingerprint density at radius 2 is 1.73 bits per heavy atom. The Bertz CT molecular complexity index is 1340. The van der Waals surface area contributed by atoms with Crippen molar-refractivity contribution in [3.8, 4) is 23.0 Å². The third-order valence-electron chi connectivity index (χ3n) is 5.83. The molecule has 0 spiro atoms. The Hall–Kier alpha value is -3.63. The number of benzene rings is 2. The molecule has 192 valence electrons. The fraction of sp³-hybridized carbons (Fsp3) is 0.296. The Labute approximate surface area is 223 Å². The summed E-state index contributed by atoms with van der Waals surface area (Å²) in [5, 5.41) is 4.18. The minimum absolute atomic E-state index is 0.0267. The minimum atomic E-state index is 0.0267. The number of pyridine rings is 1. The van der Waals surface area contributed by atoms with Crippen LogP contribution in [0, 0.1) is 0 Å². The first-order valence-electron chi connectivity index (χ1n) is 12.0. The van der Waals surface area contributed by atoms with Crippen LogP contribution in [0.25, 0.3) is 10.9 Å². The molecule has 0 atom stereocenters. The van der Waals surface area contributed by atoms with Crippen molar-refractivity contribution < 1.29 is 23.7 Å². The van der Waals surface area contributed by atoms with E-state index in [2.05, 4.69) is 36.2 Å². The maximum atomic E-state index is 6.48. The van der Waals surface area contributed by atoms with Crippen molar-refractivity contribution in [2.24, 2.45) is 0 Å². The van der Waals surface area contributed by atoms with Crippen molar-refractivity contribution >= 4 is 38.3 Å². The number of hydrogen-bond acceptors (Lipinski definition) is 9. The summed E-state index contributed by atoms with van der Waals surface area (Å²) in [5.41, 5.74) is 1.51. The van der Waals surface area contributed by atoms with Gasteiger partial charge in [-0.2, -0.15) is 0 Å². The Morgan fingerprint density at radius 3 is 2.51 bits per heavy atom. The van der Waals surface area contributed by atoms with E-state index in [1.165, 1.54) is 6.33 Å². The van der Waals surface area contributed by atoms with Crippen LogP contribution in [0.4, 0.5) is 11.5 Å². The number of nitrogens with one attached hydrogen (secondary N) is 1. The third kappa shape index (κ3) is 6.39. The molecular weight excluding hydrogens is 540 g/mol. The van der Waals surface area contributed by atoms with Gasteiger partial charge < -0.3 is 29.0 Å². The highest BCUT2D eigenvalue weighted by Gasteiger charge is 2.20. The number of rotatable bonds is 10. The van der Waals surface area contributed by atoms with Crippen LogP contribution < -0.4 is 24.3 Å². The third-order valence-corrected chi connectivity index (χ3v) is 6.53. The summed E-state index contributed by atoms with van der Waals surface area (Å²) in [6, 6.07) is 13.1. The van der Waals surface area contributed by atoms with Gasteiger partial charge in [-0.3, -0.25) is 4.98 Å². The quantitative estimate of drug-likeness (QED) is 0.247. The standard InChI is InChI=1S/C27H27BrN4O5/c1-33-20-2-3-22(28)23(14-20)32-27-26-24(30-17-31-27)15-21(16-25(26)37-19-6-10-34-11-7-19)36-13-12-35-18-4-8-29-9-5-18/h2-5,8-9,14-17,19H,6-7,10-13H2,1H3,(H,30,31,32). The summed E-state index contributed by atoms with van der Waals surface area (Å²) in [7, 11) is 1.64. The molecule has 1 saturated heterocycles. The first-order valence-corrected chi connectivity index (χ1v) is 12.8. The van der Waals surface area contributed by atoms with E-state index in [4.69, 9.17) is 23.7 Å². The van der Waals surface area contributed by atoms with Gasteiger partial charge in [0.2, 0.25) is 0 Å². The molecule has 0 bridgehead atoms. The molecular formula is C27H27BrN4O5. The molecule has 1 aliphatic rings. The van der Waals surface area contributed by atoms with E-state index in [-0.39, 0.29) is 6.10 Å². The monoisotopic (exact) mass is 566 g/mol. The number of nitrogens with zero attached hydrogens (tertiary/aromatic N) is 3. The van der Waals surface area contributed by atoms with Crippen molar-refractivity contribution in [3.63, 3.8) is 0 Å². The largest absolute Gasteiger partial charge is 0.497 e. The highest BCUT2D eigenvalue weighted by Crippen LogP contribution is 2.38.